The highest BCUT2D eigenvalue weighted by atomic mass is 35.5. The number of imidazole rings is 1. The standard InChI is InChI=1S/C29H22ClFN4O5/c30-20-12-32-11-18-25(17-8-16(36)9-21(31)26(17)20)19(13-35-24(38)10-29(2-3-29)27(18)35)28(39)40-14-22(37)15-1-5-34-6-4-33-23(34)7-15/h1,4-9,12,19,27H,2-3,10-11,13-14H2/b26-20-,32-12?. The van der Waals surface area contributed by atoms with Gasteiger partial charge in [0, 0.05) is 60.4 Å². The van der Waals surface area contributed by atoms with E-state index in [0.717, 1.165) is 18.9 Å². The Bertz CT molecular complexity index is 1710. The van der Waals surface area contributed by atoms with Gasteiger partial charge in [-0.15, -0.1) is 0 Å². The highest BCUT2D eigenvalue weighted by Gasteiger charge is 2.62. The fraction of sp³-hybridized carbons (Fsp3) is 0.310. The molecule has 11 heteroatoms. The molecule has 5 heterocycles. The lowest BCUT2D eigenvalue weighted by atomic mass is 9.74. The molecule has 2 aliphatic carbocycles. The van der Waals surface area contributed by atoms with E-state index in [4.69, 9.17) is 16.3 Å². The third-order valence-corrected chi connectivity index (χ3v) is 8.71. The van der Waals surface area contributed by atoms with Crippen LogP contribution < -0.4 is 0 Å². The number of pyridine rings is 1. The summed E-state index contributed by atoms with van der Waals surface area (Å²) in [7, 11) is 0. The van der Waals surface area contributed by atoms with Gasteiger partial charge in [0.05, 0.1) is 17.6 Å². The summed E-state index contributed by atoms with van der Waals surface area (Å²) in [6.07, 6.45) is 10.5. The molecule has 202 valence electrons. The van der Waals surface area contributed by atoms with Gasteiger partial charge in [-0.2, -0.15) is 0 Å². The van der Waals surface area contributed by atoms with Gasteiger partial charge in [0.15, 0.2) is 12.4 Å². The molecule has 1 amide bonds. The fourth-order valence-corrected chi connectivity index (χ4v) is 6.72. The van der Waals surface area contributed by atoms with E-state index in [2.05, 4.69) is 9.98 Å². The first-order valence-electron chi connectivity index (χ1n) is 12.9. The van der Waals surface area contributed by atoms with Crippen LogP contribution in [-0.4, -0.2) is 69.7 Å². The number of carbonyl (C=O) groups excluding carboxylic acids is 4. The summed E-state index contributed by atoms with van der Waals surface area (Å²) >= 11 is 6.42. The molecule has 7 rings (SSSR count). The van der Waals surface area contributed by atoms with Crippen molar-refractivity contribution < 1.29 is 28.3 Å². The van der Waals surface area contributed by atoms with Crippen LogP contribution >= 0.6 is 11.6 Å². The molecule has 2 aromatic heterocycles. The first-order valence-corrected chi connectivity index (χ1v) is 13.3. The van der Waals surface area contributed by atoms with Crippen LogP contribution in [0.4, 0.5) is 4.39 Å². The van der Waals surface area contributed by atoms with E-state index in [9.17, 15) is 19.2 Å². The number of Topliss-reactive ketones (excluding diaryl/α,β-unsaturated/α-hetero) is 1. The third kappa shape index (κ3) is 3.81. The Balaban J connectivity index is 1.27. The maximum absolute atomic E-state index is 15.2. The minimum Gasteiger partial charge on any atom is -0.457 e. The van der Waals surface area contributed by atoms with Crippen molar-refractivity contribution in [2.24, 2.45) is 16.3 Å². The SMILES string of the molecule is O=C1C=C(F)/C2=C(\Cl)C=NCC3=C(C2=C1)C(C(=O)OCC(=O)c1ccn2ccnc2c1)CN1C(=O)CC2(CC2)C31. The molecule has 0 N–H and O–H groups in total. The van der Waals surface area contributed by atoms with Gasteiger partial charge in [-0.3, -0.25) is 24.2 Å². The number of fused-ring (bicyclic) bond motifs is 6. The molecule has 2 atom stereocenters. The number of halogens is 2. The summed E-state index contributed by atoms with van der Waals surface area (Å²) in [4.78, 5) is 62.5. The molecule has 1 spiro atoms. The van der Waals surface area contributed by atoms with Gasteiger partial charge in [-0.05, 0) is 47.8 Å². The zero-order valence-electron chi connectivity index (χ0n) is 21.1. The van der Waals surface area contributed by atoms with Crippen LogP contribution in [0.1, 0.15) is 29.6 Å². The zero-order valence-corrected chi connectivity index (χ0v) is 21.9. The summed E-state index contributed by atoms with van der Waals surface area (Å²) in [5, 5.41) is 0.00166. The lowest BCUT2D eigenvalue weighted by molar-refractivity contribution is -0.147. The monoisotopic (exact) mass is 560 g/mol. The van der Waals surface area contributed by atoms with Crippen molar-refractivity contribution in [3.63, 3.8) is 0 Å². The number of aromatic nitrogens is 2. The zero-order chi connectivity index (χ0) is 27.8. The van der Waals surface area contributed by atoms with Gasteiger partial charge in [0.25, 0.3) is 0 Å². The maximum atomic E-state index is 15.2. The van der Waals surface area contributed by atoms with Crippen molar-refractivity contribution >= 4 is 46.9 Å². The summed E-state index contributed by atoms with van der Waals surface area (Å²) < 4.78 is 22.5. The molecule has 9 nitrogen and oxygen atoms in total. The van der Waals surface area contributed by atoms with Crippen molar-refractivity contribution in [3.8, 4) is 0 Å². The average Bonchev–Trinajstić information content (AvgIpc) is 3.42. The molecule has 1 saturated heterocycles. The quantitative estimate of drug-likeness (QED) is 0.419. The minimum atomic E-state index is -1.07. The van der Waals surface area contributed by atoms with E-state index in [1.807, 2.05) is 0 Å². The van der Waals surface area contributed by atoms with Crippen LogP contribution in [0.15, 0.2) is 81.0 Å². The number of esters is 1. The van der Waals surface area contributed by atoms with Crippen molar-refractivity contribution in [2.75, 3.05) is 19.7 Å². The van der Waals surface area contributed by atoms with Crippen LogP contribution in [0, 0.1) is 11.3 Å². The smallest absolute Gasteiger partial charge is 0.315 e. The van der Waals surface area contributed by atoms with E-state index in [0.29, 0.717) is 28.8 Å². The average molecular weight is 561 g/mol. The van der Waals surface area contributed by atoms with Gasteiger partial charge in [0.1, 0.15) is 17.4 Å². The summed E-state index contributed by atoms with van der Waals surface area (Å²) in [6.45, 7) is -0.425. The van der Waals surface area contributed by atoms with E-state index in [1.165, 1.54) is 12.3 Å². The molecule has 3 aliphatic heterocycles. The summed E-state index contributed by atoms with van der Waals surface area (Å²) in [5.74, 6) is -3.72. The third-order valence-electron chi connectivity index (χ3n) is 8.42. The lowest BCUT2D eigenvalue weighted by Gasteiger charge is -2.41. The molecule has 0 bridgehead atoms. The molecule has 2 unspecified atom stereocenters. The molecular weight excluding hydrogens is 539 g/mol. The molecule has 1 saturated carbocycles. The Morgan fingerprint density at radius 2 is 2.02 bits per heavy atom. The van der Waals surface area contributed by atoms with Crippen LogP contribution in [-0.2, 0) is 19.1 Å². The number of ether oxygens (including phenoxy) is 1. The Hall–Kier alpha value is -4.18. The largest absolute Gasteiger partial charge is 0.457 e. The summed E-state index contributed by atoms with van der Waals surface area (Å²) in [6, 6.07) is 2.88. The number of rotatable bonds is 4. The van der Waals surface area contributed by atoms with Crippen molar-refractivity contribution in [3.05, 3.63) is 81.6 Å². The van der Waals surface area contributed by atoms with Crippen molar-refractivity contribution in [1.82, 2.24) is 14.3 Å². The van der Waals surface area contributed by atoms with E-state index in [1.54, 1.807) is 40.0 Å². The van der Waals surface area contributed by atoms with E-state index < -0.39 is 35.9 Å². The first kappa shape index (κ1) is 24.8. The van der Waals surface area contributed by atoms with E-state index in [-0.39, 0.29) is 46.6 Å². The van der Waals surface area contributed by atoms with Gasteiger partial charge in [0.2, 0.25) is 11.7 Å². The second kappa shape index (κ2) is 8.92. The lowest BCUT2D eigenvalue weighted by Crippen LogP contribution is -2.49. The topological polar surface area (TPSA) is 110 Å². The number of hydrogen-bond acceptors (Lipinski definition) is 7. The number of ketones is 2. The molecule has 0 radical (unpaired) electrons. The van der Waals surface area contributed by atoms with Crippen molar-refractivity contribution in [2.45, 2.75) is 25.3 Å². The summed E-state index contributed by atoms with van der Waals surface area (Å²) in [5.41, 5.74) is 1.89. The Morgan fingerprint density at radius 1 is 1.20 bits per heavy atom. The van der Waals surface area contributed by atoms with Crippen LogP contribution in [0.3, 0.4) is 0 Å². The molecule has 2 fully saturated rings. The van der Waals surface area contributed by atoms with Crippen LogP contribution in [0.25, 0.3) is 5.65 Å². The second-order valence-electron chi connectivity index (χ2n) is 10.8. The number of aliphatic imine (C=N–C) groups is 1. The molecule has 0 aromatic carbocycles. The van der Waals surface area contributed by atoms with Gasteiger partial charge < -0.3 is 14.0 Å². The van der Waals surface area contributed by atoms with Crippen LogP contribution in [0.5, 0.6) is 0 Å². The Kier molecular flexibility index (Phi) is 5.54. The van der Waals surface area contributed by atoms with Gasteiger partial charge in [-0.1, -0.05) is 11.6 Å². The Morgan fingerprint density at radius 3 is 2.83 bits per heavy atom. The highest BCUT2D eigenvalue weighted by molar-refractivity contribution is 6.40. The number of carbonyl (C=O) groups is 4. The highest BCUT2D eigenvalue weighted by Crippen LogP contribution is 2.62. The Labute approximate surface area is 232 Å². The number of hydrogen-bond donors (Lipinski definition) is 0. The fourth-order valence-electron chi connectivity index (χ4n) is 6.46. The molecule has 2 aromatic rings. The van der Waals surface area contributed by atoms with Crippen LogP contribution in [0.2, 0.25) is 0 Å². The minimum absolute atomic E-state index is 0.00166. The normalized spacial score (nSPS) is 26.6. The molecular formula is C29H22ClFN4O5. The molecule has 40 heavy (non-hydrogen) atoms. The maximum Gasteiger partial charge on any atom is 0.315 e. The molecule has 5 aliphatic rings. The number of amides is 1. The predicted octanol–water partition coefficient (Wildman–Crippen LogP) is 3.31. The first-order chi connectivity index (χ1) is 19.3. The van der Waals surface area contributed by atoms with Crippen molar-refractivity contribution in [1.29, 1.82) is 0 Å². The second-order valence-corrected chi connectivity index (χ2v) is 11.2. The van der Waals surface area contributed by atoms with Gasteiger partial charge in [-0.25, -0.2) is 9.37 Å². The number of nitrogens with zero attached hydrogens (tertiary/aromatic N) is 4. The van der Waals surface area contributed by atoms with E-state index >= 15 is 4.39 Å². The van der Waals surface area contributed by atoms with Gasteiger partial charge >= 0.3 is 5.97 Å². The number of allylic oxidation sites excluding steroid dienone is 6. The predicted molar refractivity (Wildman–Crippen MR) is 141 cm³/mol.